The van der Waals surface area contributed by atoms with Gasteiger partial charge in [0.05, 0.1) is 0 Å². The molecule has 0 fully saturated rings. The monoisotopic (exact) mass is 192 g/mol. The summed E-state index contributed by atoms with van der Waals surface area (Å²) in [6.07, 6.45) is 2.62. The molecule has 0 rings (SSSR count). The van der Waals surface area contributed by atoms with Crippen molar-refractivity contribution in [2.75, 3.05) is 5.33 Å². The molecule has 0 N–H and O–H groups in total. The second-order valence-electron chi connectivity index (χ2n) is 2.71. The lowest BCUT2D eigenvalue weighted by Gasteiger charge is -2.17. The SMILES string of the molecule is CCC(C)C(CC)CBr. The topological polar surface area (TPSA) is 0 Å². The molecule has 1 heteroatoms. The van der Waals surface area contributed by atoms with E-state index in [4.69, 9.17) is 0 Å². The molecular weight excluding hydrogens is 176 g/mol. The lowest BCUT2D eigenvalue weighted by molar-refractivity contribution is 0.375. The van der Waals surface area contributed by atoms with Gasteiger partial charge in [-0.3, -0.25) is 0 Å². The number of alkyl halides is 1. The average molecular weight is 193 g/mol. The Hall–Kier alpha value is 0.480. The van der Waals surface area contributed by atoms with Crippen molar-refractivity contribution in [1.82, 2.24) is 0 Å². The summed E-state index contributed by atoms with van der Waals surface area (Å²) in [4.78, 5) is 0. The van der Waals surface area contributed by atoms with Crippen molar-refractivity contribution in [2.24, 2.45) is 11.8 Å². The van der Waals surface area contributed by atoms with Crippen molar-refractivity contribution in [1.29, 1.82) is 0 Å². The minimum Gasteiger partial charge on any atom is -0.0925 e. The second kappa shape index (κ2) is 5.28. The highest BCUT2D eigenvalue weighted by molar-refractivity contribution is 9.09. The Kier molecular flexibility index (Phi) is 5.56. The third-order valence-electron chi connectivity index (χ3n) is 2.17. The van der Waals surface area contributed by atoms with E-state index in [1.807, 2.05) is 0 Å². The van der Waals surface area contributed by atoms with Crippen LogP contribution in [0.2, 0.25) is 0 Å². The van der Waals surface area contributed by atoms with Gasteiger partial charge in [0.25, 0.3) is 0 Å². The lowest BCUT2D eigenvalue weighted by atomic mass is 9.92. The van der Waals surface area contributed by atoms with E-state index in [1.54, 1.807) is 0 Å². The van der Waals surface area contributed by atoms with Gasteiger partial charge in [0, 0.05) is 5.33 Å². The number of halogens is 1. The Balaban J connectivity index is 3.50. The van der Waals surface area contributed by atoms with Crippen molar-refractivity contribution >= 4 is 15.9 Å². The molecule has 0 heterocycles. The Bertz CT molecular complexity index is 57.6. The lowest BCUT2D eigenvalue weighted by Crippen LogP contribution is -2.10. The maximum atomic E-state index is 3.52. The average Bonchev–Trinajstić information content (AvgIpc) is 1.90. The van der Waals surface area contributed by atoms with Gasteiger partial charge in [-0.25, -0.2) is 0 Å². The van der Waals surface area contributed by atoms with E-state index in [0.717, 1.165) is 11.8 Å². The van der Waals surface area contributed by atoms with Crippen LogP contribution in [0.5, 0.6) is 0 Å². The van der Waals surface area contributed by atoms with Crippen molar-refractivity contribution in [3.8, 4) is 0 Å². The summed E-state index contributed by atoms with van der Waals surface area (Å²) in [5.74, 6) is 1.77. The largest absolute Gasteiger partial charge is 0.0925 e. The quantitative estimate of drug-likeness (QED) is 0.600. The van der Waals surface area contributed by atoms with Crippen LogP contribution in [0.4, 0.5) is 0 Å². The Labute approximate surface area is 67.2 Å². The third kappa shape index (κ3) is 3.24. The predicted octanol–water partition coefficient (Wildman–Crippen LogP) is 3.45. The minimum atomic E-state index is 0.884. The smallest absolute Gasteiger partial charge is 0.00621 e. The first-order valence-electron chi connectivity index (χ1n) is 3.82. The van der Waals surface area contributed by atoms with Crippen LogP contribution in [0, 0.1) is 11.8 Å². The van der Waals surface area contributed by atoms with Crippen LogP contribution in [0.15, 0.2) is 0 Å². The van der Waals surface area contributed by atoms with Gasteiger partial charge in [-0.2, -0.15) is 0 Å². The molecule has 56 valence electrons. The Morgan fingerprint density at radius 3 is 1.89 bits per heavy atom. The summed E-state index contributed by atoms with van der Waals surface area (Å²) in [5.41, 5.74) is 0. The highest BCUT2D eigenvalue weighted by Crippen LogP contribution is 2.20. The maximum Gasteiger partial charge on any atom is 0.00621 e. The van der Waals surface area contributed by atoms with E-state index in [9.17, 15) is 0 Å². The van der Waals surface area contributed by atoms with E-state index in [-0.39, 0.29) is 0 Å². The molecule has 9 heavy (non-hydrogen) atoms. The molecule has 0 nitrogen and oxygen atoms in total. The highest BCUT2D eigenvalue weighted by Gasteiger charge is 2.10. The van der Waals surface area contributed by atoms with Gasteiger partial charge >= 0.3 is 0 Å². The standard InChI is InChI=1S/C8H17Br/c1-4-7(3)8(5-2)6-9/h7-8H,4-6H2,1-3H3. The zero-order chi connectivity index (χ0) is 7.28. The fourth-order valence-electron chi connectivity index (χ4n) is 0.997. The summed E-state index contributed by atoms with van der Waals surface area (Å²) in [7, 11) is 0. The molecule has 0 amide bonds. The fourth-order valence-corrected chi connectivity index (χ4v) is 2.09. The Morgan fingerprint density at radius 1 is 1.22 bits per heavy atom. The summed E-state index contributed by atoms with van der Waals surface area (Å²) in [5, 5.41) is 1.17. The molecule has 0 aromatic carbocycles. The fraction of sp³-hybridized carbons (Fsp3) is 1.00. The zero-order valence-electron chi connectivity index (χ0n) is 6.65. The van der Waals surface area contributed by atoms with Crippen LogP contribution in [-0.2, 0) is 0 Å². The van der Waals surface area contributed by atoms with Crippen LogP contribution < -0.4 is 0 Å². The van der Waals surface area contributed by atoms with Crippen LogP contribution in [0.25, 0.3) is 0 Å². The van der Waals surface area contributed by atoms with E-state index in [1.165, 1.54) is 18.2 Å². The molecular formula is C8H17Br. The van der Waals surface area contributed by atoms with Crippen LogP contribution in [0.3, 0.4) is 0 Å². The molecule has 2 atom stereocenters. The van der Waals surface area contributed by atoms with Crippen molar-refractivity contribution in [3.63, 3.8) is 0 Å². The molecule has 0 bridgehead atoms. The molecule has 0 aliphatic heterocycles. The van der Waals surface area contributed by atoms with Crippen LogP contribution in [0.1, 0.15) is 33.6 Å². The van der Waals surface area contributed by atoms with E-state index >= 15 is 0 Å². The van der Waals surface area contributed by atoms with Gasteiger partial charge in [0.15, 0.2) is 0 Å². The molecule has 0 aromatic rings. The number of rotatable bonds is 4. The Morgan fingerprint density at radius 2 is 1.78 bits per heavy atom. The van der Waals surface area contributed by atoms with Gasteiger partial charge in [0.2, 0.25) is 0 Å². The van der Waals surface area contributed by atoms with Gasteiger partial charge in [-0.1, -0.05) is 49.5 Å². The number of hydrogen-bond acceptors (Lipinski definition) is 0. The van der Waals surface area contributed by atoms with Gasteiger partial charge in [0.1, 0.15) is 0 Å². The maximum absolute atomic E-state index is 3.52. The molecule has 2 unspecified atom stereocenters. The molecule has 0 saturated carbocycles. The van der Waals surface area contributed by atoms with Crippen LogP contribution >= 0.6 is 15.9 Å². The van der Waals surface area contributed by atoms with Crippen molar-refractivity contribution < 1.29 is 0 Å². The minimum absolute atomic E-state index is 0.884. The third-order valence-corrected chi connectivity index (χ3v) is 3.00. The first kappa shape index (κ1) is 9.48. The van der Waals surface area contributed by atoms with E-state index < -0.39 is 0 Å². The predicted molar refractivity (Wildman–Crippen MR) is 47.0 cm³/mol. The zero-order valence-corrected chi connectivity index (χ0v) is 8.24. The summed E-state index contributed by atoms with van der Waals surface area (Å²) < 4.78 is 0. The first-order chi connectivity index (χ1) is 4.26. The molecule has 0 aliphatic rings. The highest BCUT2D eigenvalue weighted by atomic mass is 79.9. The van der Waals surface area contributed by atoms with E-state index in [0.29, 0.717) is 0 Å². The number of hydrogen-bond donors (Lipinski definition) is 0. The van der Waals surface area contributed by atoms with Crippen molar-refractivity contribution in [2.45, 2.75) is 33.6 Å². The summed E-state index contributed by atoms with van der Waals surface area (Å²) in [6, 6.07) is 0. The summed E-state index contributed by atoms with van der Waals surface area (Å²) >= 11 is 3.52. The van der Waals surface area contributed by atoms with Crippen LogP contribution in [-0.4, -0.2) is 5.33 Å². The first-order valence-corrected chi connectivity index (χ1v) is 4.94. The summed E-state index contributed by atoms with van der Waals surface area (Å²) in [6.45, 7) is 6.85. The molecule has 0 aliphatic carbocycles. The second-order valence-corrected chi connectivity index (χ2v) is 3.36. The van der Waals surface area contributed by atoms with E-state index in [2.05, 4.69) is 36.7 Å². The van der Waals surface area contributed by atoms with Crippen molar-refractivity contribution in [3.05, 3.63) is 0 Å². The molecule has 0 spiro atoms. The van der Waals surface area contributed by atoms with Gasteiger partial charge in [-0.15, -0.1) is 0 Å². The van der Waals surface area contributed by atoms with Gasteiger partial charge < -0.3 is 0 Å². The molecule has 0 saturated heterocycles. The molecule has 0 radical (unpaired) electrons. The molecule has 0 aromatic heterocycles. The van der Waals surface area contributed by atoms with Gasteiger partial charge in [-0.05, 0) is 11.8 Å². The normalized spacial score (nSPS) is 17.3.